The first kappa shape index (κ1) is 20.0. The van der Waals surface area contributed by atoms with Crippen LogP contribution in [0.3, 0.4) is 0 Å². The van der Waals surface area contributed by atoms with Crippen molar-refractivity contribution in [2.75, 3.05) is 7.11 Å². The molecule has 0 fully saturated rings. The lowest BCUT2D eigenvalue weighted by molar-refractivity contribution is -0.130. The van der Waals surface area contributed by atoms with E-state index in [-0.39, 0.29) is 11.7 Å². The van der Waals surface area contributed by atoms with Gasteiger partial charge < -0.3 is 14.7 Å². The number of amides is 1. The number of hydrogen-bond donors (Lipinski definition) is 1. The lowest BCUT2D eigenvalue weighted by Gasteiger charge is -2.27. The van der Waals surface area contributed by atoms with Gasteiger partial charge in [-0.05, 0) is 47.9 Å². The Morgan fingerprint density at radius 1 is 0.967 bits per heavy atom. The Morgan fingerprint density at radius 2 is 1.60 bits per heavy atom. The quantitative estimate of drug-likeness (QED) is 0.576. The molecule has 4 rings (SSSR count). The number of benzene rings is 3. The van der Waals surface area contributed by atoms with Gasteiger partial charge in [0.25, 0.3) is 5.91 Å². The summed E-state index contributed by atoms with van der Waals surface area (Å²) >= 11 is 6.01. The van der Waals surface area contributed by atoms with Gasteiger partial charge in [-0.1, -0.05) is 65.7 Å². The molecule has 3 aromatic rings. The molecule has 0 bridgehead atoms. The van der Waals surface area contributed by atoms with Crippen LogP contribution in [0, 0.1) is 6.92 Å². The van der Waals surface area contributed by atoms with Crippen LogP contribution in [0.4, 0.5) is 0 Å². The minimum Gasteiger partial charge on any atom is -0.503 e. The fourth-order valence-electron chi connectivity index (χ4n) is 3.76. The fourth-order valence-corrected chi connectivity index (χ4v) is 3.89. The number of nitrogens with zero attached hydrogens (tertiary/aromatic N) is 1. The van der Waals surface area contributed by atoms with Crippen molar-refractivity contribution in [3.63, 3.8) is 0 Å². The summed E-state index contributed by atoms with van der Waals surface area (Å²) in [5.74, 6) is 0.106. The number of carbonyl (C=O) groups is 1. The Morgan fingerprint density at radius 3 is 2.20 bits per heavy atom. The molecule has 1 aliphatic rings. The minimum absolute atomic E-state index is 0.222. The van der Waals surface area contributed by atoms with E-state index in [0.29, 0.717) is 22.9 Å². The van der Waals surface area contributed by atoms with E-state index in [1.54, 1.807) is 24.1 Å². The molecule has 0 radical (unpaired) electrons. The Labute approximate surface area is 181 Å². The van der Waals surface area contributed by atoms with E-state index in [9.17, 15) is 9.90 Å². The SMILES string of the molecule is COc1ccc(C2=C(O)C(=O)N(Cc3ccc(Cl)cc3)[C@@H]2c2ccc(C)cc2)cc1. The molecule has 1 aliphatic heterocycles. The van der Waals surface area contributed by atoms with Gasteiger partial charge in [0.15, 0.2) is 5.76 Å². The van der Waals surface area contributed by atoms with Crippen LogP contribution in [-0.4, -0.2) is 23.0 Å². The third-order valence-corrected chi connectivity index (χ3v) is 5.62. The van der Waals surface area contributed by atoms with Crippen molar-refractivity contribution in [1.82, 2.24) is 4.90 Å². The van der Waals surface area contributed by atoms with Crippen LogP contribution in [0.25, 0.3) is 5.57 Å². The maximum absolute atomic E-state index is 13.1. The van der Waals surface area contributed by atoms with E-state index < -0.39 is 6.04 Å². The highest BCUT2D eigenvalue weighted by molar-refractivity contribution is 6.30. The van der Waals surface area contributed by atoms with Gasteiger partial charge in [0, 0.05) is 17.1 Å². The summed E-state index contributed by atoms with van der Waals surface area (Å²) in [6, 6.07) is 22.4. The number of methoxy groups -OCH3 is 1. The summed E-state index contributed by atoms with van der Waals surface area (Å²) in [5, 5.41) is 11.5. The summed E-state index contributed by atoms with van der Waals surface area (Å²) in [6.45, 7) is 2.38. The molecule has 0 aliphatic carbocycles. The topological polar surface area (TPSA) is 49.8 Å². The monoisotopic (exact) mass is 419 g/mol. The van der Waals surface area contributed by atoms with Gasteiger partial charge in [-0.25, -0.2) is 0 Å². The van der Waals surface area contributed by atoms with Crippen LogP contribution in [0.5, 0.6) is 5.75 Å². The normalized spacial score (nSPS) is 16.3. The number of aliphatic hydroxyl groups is 1. The zero-order valence-electron chi connectivity index (χ0n) is 16.8. The predicted octanol–water partition coefficient (Wildman–Crippen LogP) is 5.71. The maximum Gasteiger partial charge on any atom is 0.290 e. The van der Waals surface area contributed by atoms with Crippen molar-refractivity contribution >= 4 is 23.1 Å². The molecule has 0 aromatic heterocycles. The molecule has 1 atom stereocenters. The Balaban J connectivity index is 1.79. The zero-order chi connectivity index (χ0) is 21.3. The summed E-state index contributed by atoms with van der Waals surface area (Å²) in [5.41, 5.74) is 4.39. The van der Waals surface area contributed by atoms with Crippen molar-refractivity contribution in [3.05, 3.63) is 106 Å². The third kappa shape index (κ3) is 3.79. The summed E-state index contributed by atoms with van der Waals surface area (Å²) in [4.78, 5) is 14.8. The summed E-state index contributed by atoms with van der Waals surface area (Å²) in [6.07, 6.45) is 0. The van der Waals surface area contributed by atoms with Crippen LogP contribution in [0.1, 0.15) is 28.3 Å². The Hall–Kier alpha value is -3.24. The minimum atomic E-state index is -0.401. The van der Waals surface area contributed by atoms with Crippen molar-refractivity contribution in [3.8, 4) is 5.75 Å². The van der Waals surface area contributed by atoms with E-state index in [1.807, 2.05) is 67.6 Å². The van der Waals surface area contributed by atoms with E-state index >= 15 is 0 Å². The molecular weight excluding hydrogens is 398 g/mol. The molecule has 0 saturated carbocycles. The molecule has 0 saturated heterocycles. The molecule has 0 unspecified atom stereocenters. The van der Waals surface area contributed by atoms with Gasteiger partial charge in [-0.3, -0.25) is 4.79 Å². The van der Waals surface area contributed by atoms with Crippen molar-refractivity contribution in [2.24, 2.45) is 0 Å². The van der Waals surface area contributed by atoms with Gasteiger partial charge >= 0.3 is 0 Å². The van der Waals surface area contributed by atoms with Crippen LogP contribution in [0.15, 0.2) is 78.6 Å². The highest BCUT2D eigenvalue weighted by atomic mass is 35.5. The number of hydrogen-bond acceptors (Lipinski definition) is 3. The van der Waals surface area contributed by atoms with Gasteiger partial charge in [0.05, 0.1) is 13.2 Å². The Bertz CT molecular complexity index is 1090. The summed E-state index contributed by atoms with van der Waals surface area (Å²) in [7, 11) is 1.60. The largest absolute Gasteiger partial charge is 0.503 e. The first-order valence-corrected chi connectivity index (χ1v) is 10.1. The second-order valence-electron chi connectivity index (χ2n) is 7.36. The molecule has 4 nitrogen and oxygen atoms in total. The first-order valence-electron chi connectivity index (χ1n) is 9.67. The van der Waals surface area contributed by atoms with Crippen molar-refractivity contribution in [2.45, 2.75) is 19.5 Å². The van der Waals surface area contributed by atoms with E-state index in [0.717, 1.165) is 22.3 Å². The molecule has 30 heavy (non-hydrogen) atoms. The molecular formula is C25H22ClNO3. The lowest BCUT2D eigenvalue weighted by atomic mass is 9.93. The molecule has 1 heterocycles. The lowest BCUT2D eigenvalue weighted by Crippen LogP contribution is -2.29. The summed E-state index contributed by atoms with van der Waals surface area (Å²) < 4.78 is 5.25. The predicted molar refractivity (Wildman–Crippen MR) is 118 cm³/mol. The van der Waals surface area contributed by atoms with Crippen LogP contribution in [-0.2, 0) is 11.3 Å². The molecule has 152 valence electrons. The van der Waals surface area contributed by atoms with Gasteiger partial charge in [0.1, 0.15) is 5.75 Å². The second kappa shape index (κ2) is 8.25. The van der Waals surface area contributed by atoms with Gasteiger partial charge in [0.2, 0.25) is 0 Å². The number of ether oxygens (including phenoxy) is 1. The van der Waals surface area contributed by atoms with E-state index in [4.69, 9.17) is 16.3 Å². The second-order valence-corrected chi connectivity index (χ2v) is 7.80. The highest BCUT2D eigenvalue weighted by Gasteiger charge is 2.40. The van der Waals surface area contributed by atoms with Crippen LogP contribution in [0.2, 0.25) is 5.02 Å². The number of carbonyl (C=O) groups excluding carboxylic acids is 1. The molecule has 1 amide bonds. The zero-order valence-corrected chi connectivity index (χ0v) is 17.6. The number of halogens is 1. The fraction of sp³-hybridized carbons (Fsp3) is 0.160. The van der Waals surface area contributed by atoms with Gasteiger partial charge in [-0.2, -0.15) is 0 Å². The van der Waals surface area contributed by atoms with Crippen molar-refractivity contribution in [1.29, 1.82) is 0 Å². The number of rotatable bonds is 5. The Kier molecular flexibility index (Phi) is 5.51. The van der Waals surface area contributed by atoms with Gasteiger partial charge in [-0.15, -0.1) is 0 Å². The molecule has 5 heteroatoms. The smallest absolute Gasteiger partial charge is 0.290 e. The maximum atomic E-state index is 13.1. The van der Waals surface area contributed by atoms with Crippen LogP contribution < -0.4 is 4.74 Å². The van der Waals surface area contributed by atoms with E-state index in [1.165, 1.54) is 0 Å². The van der Waals surface area contributed by atoms with Crippen LogP contribution >= 0.6 is 11.6 Å². The molecule has 0 spiro atoms. The number of aryl methyl sites for hydroxylation is 1. The first-order chi connectivity index (χ1) is 14.5. The van der Waals surface area contributed by atoms with Crippen molar-refractivity contribution < 1.29 is 14.6 Å². The van der Waals surface area contributed by atoms with E-state index in [2.05, 4.69) is 0 Å². The third-order valence-electron chi connectivity index (χ3n) is 5.36. The molecule has 1 N–H and O–H groups in total. The number of aliphatic hydroxyl groups excluding tert-OH is 1. The molecule has 3 aromatic carbocycles. The average Bonchev–Trinajstić information content (AvgIpc) is 3.01. The standard InChI is InChI=1S/C25H22ClNO3/c1-16-3-7-19(8-4-16)23-22(18-9-13-21(30-2)14-10-18)24(28)25(29)27(23)15-17-5-11-20(26)12-6-17/h3-14,23,28H,15H2,1-2H3/t23-/m1/s1. The average molecular weight is 420 g/mol. The highest BCUT2D eigenvalue weighted by Crippen LogP contribution is 2.44.